The average molecular weight is 472 g/mol. The summed E-state index contributed by atoms with van der Waals surface area (Å²) >= 11 is 1.65. The number of carbonyl (C=O) groups excluding carboxylic acids is 1. The minimum absolute atomic E-state index is 0. The van der Waals surface area contributed by atoms with Crippen LogP contribution >= 0.6 is 35.3 Å². The van der Waals surface area contributed by atoms with Crippen LogP contribution in [-0.4, -0.2) is 47.9 Å². The molecular formula is C16H21IN6OS. The second-order valence-corrected chi connectivity index (χ2v) is 6.40. The van der Waals surface area contributed by atoms with Gasteiger partial charge in [-0.3, -0.25) is 4.79 Å². The van der Waals surface area contributed by atoms with E-state index in [9.17, 15) is 4.79 Å². The second kappa shape index (κ2) is 8.99. The normalized spacial score (nSPS) is 15.0. The number of nitrogens with two attached hydrogens (primary N) is 2. The Bertz CT molecular complexity index is 711. The van der Waals surface area contributed by atoms with Crippen molar-refractivity contribution in [2.45, 2.75) is 6.54 Å². The lowest BCUT2D eigenvalue weighted by atomic mass is 10.1. The molecule has 0 saturated carbocycles. The predicted molar refractivity (Wildman–Crippen MR) is 112 cm³/mol. The molecule has 134 valence electrons. The zero-order chi connectivity index (χ0) is 16.9. The van der Waals surface area contributed by atoms with Gasteiger partial charge in [-0.1, -0.05) is 12.1 Å². The van der Waals surface area contributed by atoms with Gasteiger partial charge in [0.15, 0.2) is 11.1 Å². The fraction of sp³-hybridized carbons (Fsp3) is 0.312. The number of anilines is 1. The molecule has 25 heavy (non-hydrogen) atoms. The van der Waals surface area contributed by atoms with Crippen LogP contribution in [0.5, 0.6) is 0 Å². The highest BCUT2D eigenvalue weighted by Gasteiger charge is 2.19. The number of rotatable bonds is 4. The molecule has 3 rings (SSSR count). The van der Waals surface area contributed by atoms with Crippen molar-refractivity contribution in [3.05, 3.63) is 47.0 Å². The highest BCUT2D eigenvalue weighted by Crippen LogP contribution is 2.18. The zero-order valence-corrected chi connectivity index (χ0v) is 16.8. The Hall–Kier alpha value is -1.88. The van der Waals surface area contributed by atoms with Gasteiger partial charge in [-0.15, -0.1) is 35.3 Å². The third kappa shape index (κ3) is 5.05. The van der Waals surface area contributed by atoms with E-state index in [1.807, 2.05) is 23.7 Å². The van der Waals surface area contributed by atoms with Gasteiger partial charge in [-0.25, -0.2) is 9.98 Å². The number of aliphatic imine (C=N–C) groups is 1. The van der Waals surface area contributed by atoms with Gasteiger partial charge in [-0.05, 0) is 17.7 Å². The number of halogens is 1. The Kier molecular flexibility index (Phi) is 7.00. The number of hydrogen-bond acceptors (Lipinski definition) is 5. The summed E-state index contributed by atoms with van der Waals surface area (Å²) in [6, 6.07) is 7.10. The largest absolute Gasteiger partial charge is 0.370 e. The van der Waals surface area contributed by atoms with Gasteiger partial charge in [0, 0.05) is 43.3 Å². The highest BCUT2D eigenvalue weighted by atomic mass is 127. The molecule has 0 aliphatic carbocycles. The molecule has 1 fully saturated rings. The monoisotopic (exact) mass is 472 g/mol. The number of thiazole rings is 1. The van der Waals surface area contributed by atoms with E-state index in [-0.39, 0.29) is 24.0 Å². The topological polar surface area (TPSA) is 101 Å². The molecule has 9 heteroatoms. The number of piperazine rings is 1. The summed E-state index contributed by atoms with van der Waals surface area (Å²) in [7, 11) is 0. The van der Waals surface area contributed by atoms with Crippen molar-refractivity contribution < 1.29 is 4.79 Å². The lowest BCUT2D eigenvalue weighted by Gasteiger charge is -2.35. The minimum Gasteiger partial charge on any atom is -0.370 e. The van der Waals surface area contributed by atoms with Crippen molar-refractivity contribution in [2.24, 2.45) is 16.5 Å². The molecule has 1 aliphatic heterocycles. The number of carbonyl (C=O) groups is 1. The van der Waals surface area contributed by atoms with E-state index >= 15 is 0 Å². The lowest BCUT2D eigenvalue weighted by molar-refractivity contribution is 0.100. The summed E-state index contributed by atoms with van der Waals surface area (Å²) in [5, 5.41) is 3.04. The van der Waals surface area contributed by atoms with Crippen LogP contribution in [0, 0.1) is 0 Å². The molecule has 1 saturated heterocycles. The summed E-state index contributed by atoms with van der Waals surface area (Å²) in [6.07, 6.45) is 1.83. The summed E-state index contributed by atoms with van der Waals surface area (Å²) in [5.74, 6) is 0.121. The summed E-state index contributed by atoms with van der Waals surface area (Å²) in [6.45, 7) is 3.91. The van der Waals surface area contributed by atoms with Crippen molar-refractivity contribution >= 4 is 52.3 Å². The van der Waals surface area contributed by atoms with Gasteiger partial charge >= 0.3 is 0 Å². The lowest BCUT2D eigenvalue weighted by Crippen LogP contribution is -2.51. The Morgan fingerprint density at radius 3 is 2.40 bits per heavy atom. The van der Waals surface area contributed by atoms with Gasteiger partial charge < -0.3 is 21.3 Å². The first-order valence-electron chi connectivity index (χ1n) is 7.71. The molecule has 7 nitrogen and oxygen atoms in total. The van der Waals surface area contributed by atoms with Crippen LogP contribution in [-0.2, 0) is 6.54 Å². The van der Waals surface area contributed by atoms with Gasteiger partial charge in [0.05, 0.1) is 6.54 Å². The predicted octanol–water partition coefficient (Wildman–Crippen LogP) is 1.50. The van der Waals surface area contributed by atoms with E-state index < -0.39 is 5.91 Å². The number of hydrogen-bond donors (Lipinski definition) is 2. The molecule has 0 atom stereocenters. The Labute approximate surface area is 167 Å². The molecular weight excluding hydrogens is 451 g/mol. The fourth-order valence-corrected chi connectivity index (χ4v) is 3.24. The number of aromatic nitrogens is 1. The van der Waals surface area contributed by atoms with E-state index in [1.54, 1.807) is 23.5 Å². The maximum Gasteiger partial charge on any atom is 0.248 e. The van der Waals surface area contributed by atoms with Crippen molar-refractivity contribution in [1.29, 1.82) is 0 Å². The molecule has 2 aromatic rings. The SMILES string of the molecule is I.NC(=O)c1ccc(CN=C(N)N2CCN(c3nccs3)CC2)cc1. The average Bonchev–Trinajstić information content (AvgIpc) is 3.15. The number of benzene rings is 1. The molecule has 4 N–H and O–H groups in total. The van der Waals surface area contributed by atoms with Gasteiger partial charge in [0.1, 0.15) is 0 Å². The number of primary amides is 1. The second-order valence-electron chi connectivity index (χ2n) is 5.52. The number of nitrogens with zero attached hydrogens (tertiary/aromatic N) is 4. The summed E-state index contributed by atoms with van der Waals surface area (Å²) < 4.78 is 0. The Balaban J connectivity index is 0.00000225. The van der Waals surface area contributed by atoms with E-state index in [1.165, 1.54) is 0 Å². The molecule has 0 unspecified atom stereocenters. The third-order valence-electron chi connectivity index (χ3n) is 3.96. The van der Waals surface area contributed by atoms with Crippen molar-refractivity contribution in [3.63, 3.8) is 0 Å². The van der Waals surface area contributed by atoms with Crippen LogP contribution in [0.3, 0.4) is 0 Å². The van der Waals surface area contributed by atoms with E-state index in [0.29, 0.717) is 18.1 Å². The van der Waals surface area contributed by atoms with Gasteiger partial charge in [-0.2, -0.15) is 0 Å². The van der Waals surface area contributed by atoms with Crippen LogP contribution in [0.4, 0.5) is 5.13 Å². The molecule has 0 bridgehead atoms. The zero-order valence-electron chi connectivity index (χ0n) is 13.7. The maximum atomic E-state index is 11.1. The van der Waals surface area contributed by atoms with Crippen LogP contribution in [0.2, 0.25) is 0 Å². The molecule has 1 aromatic heterocycles. The first kappa shape index (κ1) is 19.4. The summed E-state index contributed by atoms with van der Waals surface area (Å²) in [4.78, 5) is 24.2. The smallest absolute Gasteiger partial charge is 0.248 e. The number of guanidine groups is 1. The Morgan fingerprint density at radius 2 is 1.84 bits per heavy atom. The highest BCUT2D eigenvalue weighted by molar-refractivity contribution is 14.0. The van der Waals surface area contributed by atoms with Crippen LogP contribution in [0.1, 0.15) is 15.9 Å². The molecule has 1 amide bonds. The van der Waals surface area contributed by atoms with Crippen molar-refractivity contribution in [1.82, 2.24) is 9.88 Å². The van der Waals surface area contributed by atoms with Crippen LogP contribution in [0.15, 0.2) is 40.8 Å². The maximum absolute atomic E-state index is 11.1. The van der Waals surface area contributed by atoms with Gasteiger partial charge in [0.2, 0.25) is 5.91 Å². The van der Waals surface area contributed by atoms with Crippen molar-refractivity contribution in [2.75, 3.05) is 31.1 Å². The fourth-order valence-electron chi connectivity index (χ4n) is 2.55. The van der Waals surface area contributed by atoms with E-state index in [0.717, 1.165) is 36.9 Å². The quantitative estimate of drug-likeness (QED) is 0.399. The number of amides is 1. The Morgan fingerprint density at radius 1 is 1.16 bits per heavy atom. The van der Waals surface area contributed by atoms with Crippen molar-refractivity contribution in [3.8, 4) is 0 Å². The molecule has 0 spiro atoms. The molecule has 0 radical (unpaired) electrons. The molecule has 2 heterocycles. The van der Waals surface area contributed by atoms with E-state index in [4.69, 9.17) is 11.5 Å². The third-order valence-corrected chi connectivity index (χ3v) is 4.79. The first-order chi connectivity index (χ1) is 11.6. The van der Waals surface area contributed by atoms with Gasteiger partial charge in [0.25, 0.3) is 0 Å². The van der Waals surface area contributed by atoms with Crippen LogP contribution in [0.25, 0.3) is 0 Å². The first-order valence-corrected chi connectivity index (χ1v) is 8.59. The minimum atomic E-state index is -0.428. The van der Waals surface area contributed by atoms with E-state index in [2.05, 4.69) is 19.8 Å². The van der Waals surface area contributed by atoms with Crippen LogP contribution < -0.4 is 16.4 Å². The standard InChI is InChI=1S/C16H20N6OS.HI/c17-14(23)13-3-1-12(2-4-13)11-20-15(18)21-6-8-22(9-7-21)16-19-5-10-24-16;/h1-5,10H,6-9,11H2,(H2,17,23)(H2,18,20);1H. The summed E-state index contributed by atoms with van der Waals surface area (Å²) in [5.41, 5.74) is 12.8. The molecule has 1 aliphatic rings. The molecule has 1 aromatic carbocycles.